The molecule has 4 aromatic rings. The summed E-state index contributed by atoms with van der Waals surface area (Å²) >= 11 is 3.16. The van der Waals surface area contributed by atoms with Crippen LogP contribution < -0.4 is 5.32 Å². The highest BCUT2D eigenvalue weighted by molar-refractivity contribution is 8.00. The van der Waals surface area contributed by atoms with Crippen molar-refractivity contribution >= 4 is 40.2 Å². The van der Waals surface area contributed by atoms with Gasteiger partial charge in [0.2, 0.25) is 5.91 Å². The number of hydrogen-bond acceptors (Lipinski definition) is 5. The van der Waals surface area contributed by atoms with Crippen molar-refractivity contribution < 1.29 is 4.79 Å². The quantitative estimate of drug-likeness (QED) is 0.303. The summed E-state index contributed by atoms with van der Waals surface area (Å²) in [5.41, 5.74) is 1.89. The van der Waals surface area contributed by atoms with Crippen molar-refractivity contribution in [2.45, 2.75) is 9.92 Å². The fourth-order valence-electron chi connectivity index (χ4n) is 3.06. The zero-order chi connectivity index (χ0) is 20.6. The molecular formula is C24H21N3OS2. The molecule has 1 heterocycles. The fraction of sp³-hybridized carbons (Fsp3) is 0.125. The van der Waals surface area contributed by atoms with E-state index >= 15 is 0 Å². The highest BCUT2D eigenvalue weighted by Gasteiger charge is 2.12. The van der Waals surface area contributed by atoms with Gasteiger partial charge in [0.05, 0.1) is 5.75 Å². The lowest BCUT2D eigenvalue weighted by molar-refractivity contribution is -0.118. The third kappa shape index (κ3) is 5.20. The predicted molar refractivity (Wildman–Crippen MR) is 126 cm³/mol. The van der Waals surface area contributed by atoms with Crippen molar-refractivity contribution in [3.05, 3.63) is 84.9 Å². The molecule has 4 nitrogen and oxygen atoms in total. The van der Waals surface area contributed by atoms with E-state index in [-0.39, 0.29) is 5.91 Å². The molecule has 0 unspecified atom stereocenters. The maximum Gasteiger partial charge on any atom is 0.230 e. The SMILES string of the molecule is O=C(CSc1nnc(-c2ccccc2)c2ccccc12)NCCSc1ccccc1. The third-order valence-electron chi connectivity index (χ3n) is 4.48. The molecule has 150 valence electrons. The second kappa shape index (κ2) is 10.3. The largest absolute Gasteiger partial charge is 0.355 e. The van der Waals surface area contributed by atoms with Gasteiger partial charge in [-0.2, -0.15) is 0 Å². The molecule has 0 atom stereocenters. The number of carbonyl (C=O) groups excluding carboxylic acids is 1. The van der Waals surface area contributed by atoms with Crippen molar-refractivity contribution in [2.75, 3.05) is 18.1 Å². The summed E-state index contributed by atoms with van der Waals surface area (Å²) in [6.07, 6.45) is 0. The number of hydrogen-bond donors (Lipinski definition) is 1. The van der Waals surface area contributed by atoms with Gasteiger partial charge < -0.3 is 5.32 Å². The Morgan fingerprint density at radius 2 is 1.43 bits per heavy atom. The van der Waals surface area contributed by atoms with E-state index in [1.54, 1.807) is 11.8 Å². The Bertz CT molecular complexity index is 1120. The smallest absolute Gasteiger partial charge is 0.230 e. The molecule has 0 aliphatic rings. The van der Waals surface area contributed by atoms with E-state index in [9.17, 15) is 4.79 Å². The molecule has 0 saturated carbocycles. The number of nitrogens with one attached hydrogen (secondary N) is 1. The standard InChI is InChI=1S/C24H21N3OS2/c28-22(25-15-16-29-19-11-5-2-6-12-19)17-30-24-21-14-8-7-13-20(21)23(26-27-24)18-9-3-1-4-10-18/h1-14H,15-17H2,(H,25,28). The van der Waals surface area contributed by atoms with Crippen LogP contribution in [0.1, 0.15) is 0 Å². The number of carbonyl (C=O) groups is 1. The average Bonchev–Trinajstić information content (AvgIpc) is 2.81. The minimum atomic E-state index is 0.00618. The van der Waals surface area contributed by atoms with E-state index < -0.39 is 0 Å². The van der Waals surface area contributed by atoms with Crippen LogP contribution in [0.15, 0.2) is 94.9 Å². The van der Waals surface area contributed by atoms with Crippen LogP contribution in [0.4, 0.5) is 0 Å². The maximum absolute atomic E-state index is 12.3. The molecule has 0 spiro atoms. The molecule has 0 saturated heterocycles. The minimum absolute atomic E-state index is 0.00618. The highest BCUT2D eigenvalue weighted by atomic mass is 32.2. The second-order valence-corrected chi connectivity index (χ2v) is 8.70. The molecule has 0 fully saturated rings. The number of amides is 1. The molecule has 3 aromatic carbocycles. The molecule has 0 bridgehead atoms. The molecule has 6 heteroatoms. The van der Waals surface area contributed by atoms with Crippen LogP contribution >= 0.6 is 23.5 Å². The lowest BCUT2D eigenvalue weighted by atomic mass is 10.1. The molecule has 0 aliphatic carbocycles. The normalized spacial score (nSPS) is 10.8. The van der Waals surface area contributed by atoms with Gasteiger partial charge in [-0.1, -0.05) is 84.6 Å². The molecule has 0 aliphatic heterocycles. The van der Waals surface area contributed by atoms with Gasteiger partial charge in [-0.05, 0) is 12.1 Å². The van der Waals surface area contributed by atoms with E-state index in [4.69, 9.17) is 0 Å². The van der Waals surface area contributed by atoms with Gasteiger partial charge in [0.15, 0.2) is 0 Å². The molecular weight excluding hydrogens is 410 g/mol. The first kappa shape index (κ1) is 20.4. The second-order valence-electron chi connectivity index (χ2n) is 6.57. The Balaban J connectivity index is 1.37. The van der Waals surface area contributed by atoms with Gasteiger partial charge in [0, 0.05) is 33.5 Å². The van der Waals surface area contributed by atoms with Crippen LogP contribution in [-0.4, -0.2) is 34.2 Å². The van der Waals surface area contributed by atoms with Crippen molar-refractivity contribution in [2.24, 2.45) is 0 Å². The Kier molecular flexibility index (Phi) is 7.00. The lowest BCUT2D eigenvalue weighted by Gasteiger charge is -2.09. The Morgan fingerprint density at radius 3 is 2.20 bits per heavy atom. The van der Waals surface area contributed by atoms with Crippen molar-refractivity contribution in [3.8, 4) is 11.3 Å². The summed E-state index contributed by atoms with van der Waals surface area (Å²) in [4.78, 5) is 13.5. The van der Waals surface area contributed by atoms with Gasteiger partial charge in [0.1, 0.15) is 10.7 Å². The summed E-state index contributed by atoms with van der Waals surface area (Å²) in [5.74, 6) is 1.17. The molecule has 30 heavy (non-hydrogen) atoms. The van der Waals surface area contributed by atoms with Crippen molar-refractivity contribution in [3.63, 3.8) is 0 Å². The van der Waals surface area contributed by atoms with Gasteiger partial charge in [-0.15, -0.1) is 22.0 Å². The Labute approximate surface area is 184 Å². The van der Waals surface area contributed by atoms with Gasteiger partial charge >= 0.3 is 0 Å². The molecule has 0 radical (unpaired) electrons. The first-order chi connectivity index (χ1) is 14.8. The molecule has 1 amide bonds. The average molecular weight is 432 g/mol. The summed E-state index contributed by atoms with van der Waals surface area (Å²) in [6, 6.07) is 28.3. The zero-order valence-corrected chi connectivity index (χ0v) is 18.0. The van der Waals surface area contributed by atoms with E-state index in [1.165, 1.54) is 16.7 Å². The highest BCUT2D eigenvalue weighted by Crippen LogP contribution is 2.31. The predicted octanol–water partition coefficient (Wildman–Crippen LogP) is 5.30. The number of aromatic nitrogens is 2. The maximum atomic E-state index is 12.3. The van der Waals surface area contributed by atoms with Crippen LogP contribution in [0, 0.1) is 0 Å². The first-order valence-corrected chi connectivity index (χ1v) is 11.7. The fourth-order valence-corrected chi connectivity index (χ4v) is 4.65. The number of fused-ring (bicyclic) bond motifs is 1. The summed E-state index contributed by atoms with van der Waals surface area (Å²) < 4.78 is 0. The summed E-state index contributed by atoms with van der Waals surface area (Å²) in [6.45, 7) is 0.637. The monoisotopic (exact) mass is 431 g/mol. The van der Waals surface area contributed by atoms with Crippen LogP contribution in [-0.2, 0) is 4.79 Å². The lowest BCUT2D eigenvalue weighted by Crippen LogP contribution is -2.27. The Hall–Kier alpha value is -2.83. The molecule has 1 N–H and O–H groups in total. The van der Waals surface area contributed by atoms with E-state index in [2.05, 4.69) is 33.7 Å². The van der Waals surface area contributed by atoms with E-state index in [1.807, 2.05) is 66.7 Å². The van der Waals surface area contributed by atoms with Gasteiger partial charge in [-0.25, -0.2) is 0 Å². The number of rotatable bonds is 8. The van der Waals surface area contributed by atoms with Crippen LogP contribution in [0.2, 0.25) is 0 Å². The Morgan fingerprint density at radius 1 is 0.767 bits per heavy atom. The van der Waals surface area contributed by atoms with Crippen molar-refractivity contribution in [1.29, 1.82) is 0 Å². The minimum Gasteiger partial charge on any atom is -0.355 e. The number of nitrogens with zero attached hydrogens (tertiary/aromatic N) is 2. The van der Waals surface area contributed by atoms with Crippen molar-refractivity contribution in [1.82, 2.24) is 15.5 Å². The van der Waals surface area contributed by atoms with E-state index in [0.717, 1.165) is 32.8 Å². The van der Waals surface area contributed by atoms with Crippen LogP contribution in [0.5, 0.6) is 0 Å². The summed E-state index contributed by atoms with van der Waals surface area (Å²) in [7, 11) is 0. The number of thioether (sulfide) groups is 2. The van der Waals surface area contributed by atoms with Gasteiger partial charge in [-0.3, -0.25) is 4.79 Å². The third-order valence-corrected chi connectivity index (χ3v) is 6.47. The van der Waals surface area contributed by atoms with Crippen LogP contribution in [0.25, 0.3) is 22.0 Å². The zero-order valence-electron chi connectivity index (χ0n) is 16.3. The first-order valence-electron chi connectivity index (χ1n) is 9.69. The topological polar surface area (TPSA) is 54.9 Å². The molecule has 4 rings (SSSR count). The van der Waals surface area contributed by atoms with Crippen LogP contribution in [0.3, 0.4) is 0 Å². The molecule has 1 aromatic heterocycles. The van der Waals surface area contributed by atoms with E-state index in [0.29, 0.717) is 12.3 Å². The summed E-state index contributed by atoms with van der Waals surface area (Å²) in [5, 5.41) is 14.7. The number of benzene rings is 3. The van der Waals surface area contributed by atoms with Gasteiger partial charge in [0.25, 0.3) is 0 Å².